The number of halogens is 3. The van der Waals surface area contributed by atoms with Crippen molar-refractivity contribution in [3.63, 3.8) is 0 Å². The van der Waals surface area contributed by atoms with Crippen LogP contribution in [0.1, 0.15) is 30.5 Å². The highest BCUT2D eigenvalue weighted by molar-refractivity contribution is 7.80. The number of rotatable bonds is 8. The monoisotopic (exact) mass is 534 g/mol. The molecule has 2 aromatic rings. The van der Waals surface area contributed by atoms with Gasteiger partial charge in [0.1, 0.15) is 11.6 Å². The van der Waals surface area contributed by atoms with Crippen LogP contribution in [0.2, 0.25) is 5.02 Å². The summed E-state index contributed by atoms with van der Waals surface area (Å²) in [6.07, 6.45) is 0. The third-order valence-electron chi connectivity index (χ3n) is 3.98. The molecule has 190 valence electrons. The fraction of sp³-hybridized carbons (Fsp3) is 0.391. The maximum atomic E-state index is 13.6. The smallest absolute Gasteiger partial charge is 0.166 e. The van der Waals surface area contributed by atoms with Gasteiger partial charge in [0.15, 0.2) is 10.2 Å². The Hall–Kier alpha value is -2.11. The third kappa shape index (κ3) is 13.0. The van der Waals surface area contributed by atoms with E-state index in [1.807, 2.05) is 13.8 Å². The van der Waals surface area contributed by atoms with Crippen LogP contribution in [-0.2, 0) is 13.1 Å². The van der Waals surface area contributed by atoms with Crippen molar-refractivity contribution in [2.75, 3.05) is 26.3 Å². The molecule has 0 amide bonds. The molecule has 2 aromatic carbocycles. The second kappa shape index (κ2) is 19.2. The Morgan fingerprint density at radius 1 is 0.794 bits per heavy atom. The van der Waals surface area contributed by atoms with Crippen molar-refractivity contribution in [1.82, 2.24) is 21.3 Å². The van der Waals surface area contributed by atoms with E-state index in [2.05, 4.69) is 21.3 Å². The first kappa shape index (κ1) is 31.9. The number of benzene rings is 2. The largest absolute Gasteiger partial charge is 0.395 e. The number of thiocarbonyl (C=S) groups is 2. The summed E-state index contributed by atoms with van der Waals surface area (Å²) in [7, 11) is 0. The molecular formula is C23H33ClF2N4O2S2. The zero-order valence-electron chi connectivity index (χ0n) is 19.6. The predicted octanol–water partition coefficient (Wildman–Crippen LogP) is 3.55. The molecule has 0 heterocycles. The molecular weight excluding hydrogens is 502 g/mol. The molecule has 0 saturated heterocycles. The minimum absolute atomic E-state index is 0.00660. The lowest BCUT2D eigenvalue weighted by atomic mass is 10.1. The van der Waals surface area contributed by atoms with Crippen molar-refractivity contribution in [2.45, 2.75) is 33.9 Å². The molecule has 0 bridgehead atoms. The second-order valence-electron chi connectivity index (χ2n) is 6.43. The lowest BCUT2D eigenvalue weighted by Crippen LogP contribution is -2.36. The minimum atomic E-state index is -0.443. The van der Waals surface area contributed by atoms with E-state index in [-0.39, 0.29) is 30.6 Å². The van der Waals surface area contributed by atoms with E-state index in [0.717, 1.165) is 0 Å². The van der Waals surface area contributed by atoms with E-state index in [9.17, 15) is 8.78 Å². The second-order valence-corrected chi connectivity index (χ2v) is 7.65. The zero-order valence-corrected chi connectivity index (χ0v) is 21.9. The van der Waals surface area contributed by atoms with Crippen molar-refractivity contribution in [1.29, 1.82) is 0 Å². The molecule has 0 saturated carbocycles. The van der Waals surface area contributed by atoms with E-state index >= 15 is 0 Å². The highest BCUT2D eigenvalue weighted by atomic mass is 35.5. The van der Waals surface area contributed by atoms with Gasteiger partial charge in [-0.2, -0.15) is 0 Å². The Bertz CT molecular complexity index is 821. The van der Waals surface area contributed by atoms with E-state index in [4.69, 9.17) is 46.2 Å². The fourth-order valence-corrected chi connectivity index (χ4v) is 2.89. The van der Waals surface area contributed by atoms with Crippen LogP contribution >= 0.6 is 36.0 Å². The van der Waals surface area contributed by atoms with Gasteiger partial charge in [-0.15, -0.1) is 0 Å². The molecule has 0 aromatic heterocycles. The topological polar surface area (TPSA) is 88.6 Å². The Morgan fingerprint density at radius 2 is 1.24 bits per heavy atom. The molecule has 6 N–H and O–H groups in total. The van der Waals surface area contributed by atoms with Crippen LogP contribution in [0.5, 0.6) is 0 Å². The first-order chi connectivity index (χ1) is 16.3. The van der Waals surface area contributed by atoms with Crippen molar-refractivity contribution in [3.8, 4) is 0 Å². The highest BCUT2D eigenvalue weighted by Crippen LogP contribution is 2.17. The normalized spacial score (nSPS) is 9.53. The molecule has 11 heteroatoms. The molecule has 6 nitrogen and oxygen atoms in total. The quantitative estimate of drug-likeness (QED) is 0.287. The summed E-state index contributed by atoms with van der Waals surface area (Å²) in [6, 6.07) is 10.0. The molecule has 0 spiro atoms. The van der Waals surface area contributed by atoms with E-state index in [1.54, 1.807) is 37.3 Å². The SMILES string of the molecule is CC.Cc1cccc(CNC(=S)NCCO)c1F.OCCNC(=S)NCc1cccc(Cl)c1F. The van der Waals surface area contributed by atoms with Crippen molar-refractivity contribution < 1.29 is 19.0 Å². The Balaban J connectivity index is 0.000000597. The molecule has 0 unspecified atom stereocenters. The Labute approximate surface area is 216 Å². The highest BCUT2D eigenvalue weighted by Gasteiger charge is 2.06. The fourth-order valence-electron chi connectivity index (χ4n) is 2.34. The molecule has 0 fully saturated rings. The number of aliphatic hydroxyl groups excluding tert-OH is 2. The van der Waals surface area contributed by atoms with Crippen LogP contribution in [-0.4, -0.2) is 46.7 Å². The van der Waals surface area contributed by atoms with E-state index < -0.39 is 5.82 Å². The third-order valence-corrected chi connectivity index (χ3v) is 4.85. The van der Waals surface area contributed by atoms with Crippen molar-refractivity contribution >= 4 is 46.3 Å². The molecule has 0 radical (unpaired) electrons. The molecule has 34 heavy (non-hydrogen) atoms. The van der Waals surface area contributed by atoms with Gasteiger partial charge < -0.3 is 31.5 Å². The lowest BCUT2D eigenvalue weighted by Gasteiger charge is -2.10. The summed E-state index contributed by atoms with van der Waals surface area (Å²) in [5.41, 5.74) is 1.64. The lowest BCUT2D eigenvalue weighted by molar-refractivity contribution is 0.300. The van der Waals surface area contributed by atoms with Gasteiger partial charge in [-0.3, -0.25) is 0 Å². The molecule has 0 atom stereocenters. The standard InChI is InChI=1S/C11H15FN2OS.C10H12ClFN2OS.C2H6/c1-8-3-2-4-9(10(8)12)7-14-11(16)13-5-6-15;11-8-3-1-2-7(9(8)12)6-14-10(16)13-4-5-15;1-2/h2-4,15H,5-7H2,1H3,(H2,13,14,16);1-3,15H,4-6H2,(H2,13,14,16);1-2H3. The summed E-state index contributed by atoms with van der Waals surface area (Å²) < 4.78 is 27.0. The Kier molecular flexibility index (Phi) is 18.0. The maximum Gasteiger partial charge on any atom is 0.166 e. The van der Waals surface area contributed by atoms with Gasteiger partial charge in [0.25, 0.3) is 0 Å². The van der Waals surface area contributed by atoms with Gasteiger partial charge in [-0.05, 0) is 43.0 Å². The average molecular weight is 535 g/mol. The Morgan fingerprint density at radius 3 is 1.71 bits per heavy atom. The van der Waals surface area contributed by atoms with Crippen LogP contribution in [0.15, 0.2) is 36.4 Å². The van der Waals surface area contributed by atoms with Crippen LogP contribution in [0, 0.1) is 18.6 Å². The number of hydrogen-bond donors (Lipinski definition) is 6. The molecule has 0 aliphatic heterocycles. The van der Waals surface area contributed by atoms with Crippen LogP contribution < -0.4 is 21.3 Å². The van der Waals surface area contributed by atoms with Gasteiger partial charge in [-0.1, -0.05) is 55.8 Å². The van der Waals surface area contributed by atoms with Gasteiger partial charge in [0.2, 0.25) is 0 Å². The number of hydrogen-bond acceptors (Lipinski definition) is 4. The molecule has 2 rings (SSSR count). The summed E-state index contributed by atoms with van der Waals surface area (Å²) in [4.78, 5) is 0. The van der Waals surface area contributed by atoms with Crippen molar-refractivity contribution in [2.24, 2.45) is 0 Å². The molecule has 0 aliphatic rings. The number of aryl methyl sites for hydroxylation is 1. The summed E-state index contributed by atoms with van der Waals surface area (Å²) in [6.45, 7) is 7.08. The van der Waals surface area contributed by atoms with Crippen molar-refractivity contribution in [3.05, 3.63) is 69.7 Å². The first-order valence-electron chi connectivity index (χ1n) is 10.7. The van der Waals surface area contributed by atoms with Gasteiger partial charge in [0, 0.05) is 37.3 Å². The van der Waals surface area contributed by atoms with Gasteiger partial charge in [0.05, 0.1) is 18.2 Å². The minimum Gasteiger partial charge on any atom is -0.395 e. The van der Waals surface area contributed by atoms with Gasteiger partial charge in [-0.25, -0.2) is 8.78 Å². The number of nitrogens with one attached hydrogen (secondary N) is 4. The first-order valence-corrected chi connectivity index (χ1v) is 11.9. The van der Waals surface area contributed by atoms with Crippen LogP contribution in [0.25, 0.3) is 0 Å². The average Bonchev–Trinajstić information content (AvgIpc) is 2.84. The summed E-state index contributed by atoms with van der Waals surface area (Å²) >= 11 is 15.5. The zero-order chi connectivity index (χ0) is 25.9. The summed E-state index contributed by atoms with van der Waals surface area (Å²) in [5.74, 6) is -0.651. The van der Waals surface area contributed by atoms with E-state index in [1.165, 1.54) is 6.07 Å². The number of aliphatic hydroxyl groups is 2. The predicted molar refractivity (Wildman–Crippen MR) is 143 cm³/mol. The maximum absolute atomic E-state index is 13.6. The van der Waals surface area contributed by atoms with Crippen LogP contribution in [0.3, 0.4) is 0 Å². The van der Waals surface area contributed by atoms with E-state index in [0.29, 0.717) is 46.5 Å². The van der Waals surface area contributed by atoms with Crippen LogP contribution in [0.4, 0.5) is 8.78 Å². The summed E-state index contributed by atoms with van der Waals surface area (Å²) in [5, 5.41) is 29.2. The van der Waals surface area contributed by atoms with Gasteiger partial charge >= 0.3 is 0 Å². The molecule has 0 aliphatic carbocycles.